The number of halogens is 1. The summed E-state index contributed by atoms with van der Waals surface area (Å²) >= 11 is 6.04. The Labute approximate surface area is 77.2 Å². The van der Waals surface area contributed by atoms with Gasteiger partial charge in [-0.25, -0.2) is 0 Å². The quantitative estimate of drug-likeness (QED) is 0.507. The molecule has 0 aromatic heterocycles. The summed E-state index contributed by atoms with van der Waals surface area (Å²) in [6.07, 6.45) is 2.32. The van der Waals surface area contributed by atoms with E-state index in [0.717, 1.165) is 5.57 Å². The van der Waals surface area contributed by atoms with Crippen LogP contribution in [0.2, 0.25) is 0 Å². The van der Waals surface area contributed by atoms with E-state index in [2.05, 4.69) is 0 Å². The SMILES string of the molecule is CC1=CCC(Cl)(C(=O)O)C1(C)C. The average Bonchev–Trinajstić information content (AvgIpc) is 2.15. The molecule has 0 aromatic rings. The summed E-state index contributed by atoms with van der Waals surface area (Å²) in [5.41, 5.74) is 0.611. The molecule has 1 aliphatic rings. The van der Waals surface area contributed by atoms with Gasteiger partial charge in [-0.2, -0.15) is 0 Å². The van der Waals surface area contributed by atoms with Crippen LogP contribution in [-0.4, -0.2) is 16.0 Å². The third kappa shape index (κ3) is 0.977. The maximum Gasteiger partial charge on any atom is 0.325 e. The van der Waals surface area contributed by atoms with Crippen molar-refractivity contribution >= 4 is 17.6 Å². The zero-order valence-electron chi connectivity index (χ0n) is 7.52. The van der Waals surface area contributed by atoms with Crippen molar-refractivity contribution in [2.45, 2.75) is 32.1 Å². The van der Waals surface area contributed by atoms with Crippen LogP contribution < -0.4 is 0 Å². The summed E-state index contributed by atoms with van der Waals surface area (Å²) in [7, 11) is 0. The Morgan fingerprint density at radius 2 is 2.17 bits per heavy atom. The molecule has 0 fully saturated rings. The minimum atomic E-state index is -1.14. The van der Waals surface area contributed by atoms with Crippen LogP contribution in [0.25, 0.3) is 0 Å². The molecule has 3 heteroatoms. The third-order valence-corrected chi connectivity index (χ3v) is 3.79. The van der Waals surface area contributed by atoms with Crippen molar-refractivity contribution in [3.8, 4) is 0 Å². The van der Waals surface area contributed by atoms with Crippen molar-refractivity contribution in [3.63, 3.8) is 0 Å². The first kappa shape index (κ1) is 9.59. The van der Waals surface area contributed by atoms with Gasteiger partial charge >= 0.3 is 5.97 Å². The minimum absolute atomic E-state index is 0.419. The van der Waals surface area contributed by atoms with Gasteiger partial charge in [-0.15, -0.1) is 11.6 Å². The van der Waals surface area contributed by atoms with Crippen molar-refractivity contribution in [1.82, 2.24) is 0 Å². The zero-order chi connectivity index (χ0) is 9.57. The molecule has 0 saturated carbocycles. The molecule has 0 heterocycles. The lowest BCUT2D eigenvalue weighted by Gasteiger charge is -2.33. The number of hydrogen-bond acceptors (Lipinski definition) is 1. The summed E-state index contributed by atoms with van der Waals surface area (Å²) in [6.45, 7) is 5.66. The standard InChI is InChI=1S/C9H13ClO2/c1-6-4-5-9(10,7(11)12)8(6,2)3/h4H,5H2,1-3H3,(H,11,12). The number of alkyl halides is 1. The molecule has 1 N–H and O–H groups in total. The second-order valence-electron chi connectivity index (χ2n) is 3.82. The number of allylic oxidation sites excluding steroid dienone is 2. The summed E-state index contributed by atoms with van der Waals surface area (Å²) in [5.74, 6) is -0.928. The Morgan fingerprint density at radius 3 is 2.33 bits per heavy atom. The summed E-state index contributed by atoms with van der Waals surface area (Å²) in [5, 5.41) is 8.96. The highest BCUT2D eigenvalue weighted by molar-refractivity contribution is 6.35. The molecule has 0 radical (unpaired) electrons. The highest BCUT2D eigenvalue weighted by Crippen LogP contribution is 2.50. The van der Waals surface area contributed by atoms with Crippen molar-refractivity contribution < 1.29 is 9.90 Å². The Hall–Kier alpha value is -0.500. The van der Waals surface area contributed by atoms with Gasteiger partial charge in [0.25, 0.3) is 0 Å². The van der Waals surface area contributed by atoms with Gasteiger partial charge in [0, 0.05) is 5.41 Å². The van der Waals surface area contributed by atoms with E-state index in [0.29, 0.717) is 6.42 Å². The van der Waals surface area contributed by atoms with E-state index in [1.165, 1.54) is 0 Å². The van der Waals surface area contributed by atoms with Crippen molar-refractivity contribution in [3.05, 3.63) is 11.6 Å². The smallest absolute Gasteiger partial charge is 0.325 e. The fraction of sp³-hybridized carbons (Fsp3) is 0.667. The van der Waals surface area contributed by atoms with Gasteiger partial charge in [0.15, 0.2) is 4.87 Å². The van der Waals surface area contributed by atoms with Crippen LogP contribution in [0.3, 0.4) is 0 Å². The van der Waals surface area contributed by atoms with E-state index >= 15 is 0 Å². The lowest BCUT2D eigenvalue weighted by atomic mass is 9.77. The Kier molecular flexibility index (Phi) is 1.99. The lowest BCUT2D eigenvalue weighted by molar-refractivity contribution is -0.142. The molecular formula is C9H13ClO2. The Morgan fingerprint density at radius 1 is 1.67 bits per heavy atom. The maximum atomic E-state index is 10.9. The molecule has 1 unspecified atom stereocenters. The molecule has 0 bridgehead atoms. The number of carboxylic acid groups (broad SMARTS) is 1. The average molecular weight is 189 g/mol. The van der Waals surface area contributed by atoms with Gasteiger partial charge in [0.2, 0.25) is 0 Å². The number of hydrogen-bond donors (Lipinski definition) is 1. The van der Waals surface area contributed by atoms with E-state index in [9.17, 15) is 4.79 Å². The first-order valence-electron chi connectivity index (χ1n) is 3.92. The highest BCUT2D eigenvalue weighted by Gasteiger charge is 2.53. The molecular weight excluding hydrogens is 176 g/mol. The fourth-order valence-electron chi connectivity index (χ4n) is 1.47. The number of carbonyl (C=O) groups is 1. The molecule has 1 atom stereocenters. The number of aliphatic carboxylic acids is 1. The van der Waals surface area contributed by atoms with Crippen LogP contribution in [0.5, 0.6) is 0 Å². The van der Waals surface area contributed by atoms with Crippen molar-refractivity contribution in [1.29, 1.82) is 0 Å². The van der Waals surface area contributed by atoms with Crippen LogP contribution >= 0.6 is 11.6 Å². The van der Waals surface area contributed by atoms with Crippen LogP contribution in [0.15, 0.2) is 11.6 Å². The Balaban J connectivity index is 3.08. The second kappa shape index (κ2) is 2.49. The molecule has 0 amide bonds. The predicted octanol–water partition coefficient (Wildman–Crippen LogP) is 2.42. The van der Waals surface area contributed by atoms with E-state index in [-0.39, 0.29) is 0 Å². The van der Waals surface area contributed by atoms with E-state index in [1.807, 2.05) is 26.8 Å². The van der Waals surface area contributed by atoms with Gasteiger partial charge in [-0.1, -0.05) is 25.5 Å². The van der Waals surface area contributed by atoms with Gasteiger partial charge in [0.05, 0.1) is 0 Å². The van der Waals surface area contributed by atoms with Gasteiger partial charge < -0.3 is 5.11 Å². The molecule has 1 rings (SSSR count). The monoisotopic (exact) mass is 188 g/mol. The summed E-state index contributed by atoms with van der Waals surface area (Å²) < 4.78 is 0. The maximum absolute atomic E-state index is 10.9. The molecule has 0 aromatic carbocycles. The largest absolute Gasteiger partial charge is 0.480 e. The molecule has 0 aliphatic heterocycles. The van der Waals surface area contributed by atoms with Gasteiger partial charge in [-0.05, 0) is 13.3 Å². The number of rotatable bonds is 1. The van der Waals surface area contributed by atoms with E-state index in [1.54, 1.807) is 0 Å². The van der Waals surface area contributed by atoms with Crippen LogP contribution in [-0.2, 0) is 4.79 Å². The normalized spacial score (nSPS) is 33.2. The molecule has 2 nitrogen and oxygen atoms in total. The topological polar surface area (TPSA) is 37.3 Å². The summed E-state index contributed by atoms with van der Waals surface area (Å²) in [4.78, 5) is 9.78. The number of carboxylic acids is 1. The van der Waals surface area contributed by atoms with Crippen molar-refractivity contribution in [2.24, 2.45) is 5.41 Å². The third-order valence-electron chi connectivity index (χ3n) is 3.01. The van der Waals surface area contributed by atoms with E-state index < -0.39 is 16.3 Å². The van der Waals surface area contributed by atoms with Gasteiger partial charge in [-0.3, -0.25) is 4.79 Å². The van der Waals surface area contributed by atoms with Crippen molar-refractivity contribution in [2.75, 3.05) is 0 Å². The van der Waals surface area contributed by atoms with Crippen LogP contribution in [0.1, 0.15) is 27.2 Å². The lowest BCUT2D eigenvalue weighted by Crippen LogP contribution is -2.43. The fourth-order valence-corrected chi connectivity index (χ4v) is 1.70. The molecule has 68 valence electrons. The highest BCUT2D eigenvalue weighted by atomic mass is 35.5. The Bertz CT molecular complexity index is 255. The molecule has 0 saturated heterocycles. The van der Waals surface area contributed by atoms with Crippen LogP contribution in [0.4, 0.5) is 0 Å². The zero-order valence-corrected chi connectivity index (χ0v) is 8.27. The van der Waals surface area contributed by atoms with Crippen LogP contribution in [0, 0.1) is 5.41 Å². The second-order valence-corrected chi connectivity index (χ2v) is 4.47. The van der Waals surface area contributed by atoms with E-state index in [4.69, 9.17) is 16.7 Å². The first-order valence-corrected chi connectivity index (χ1v) is 4.30. The van der Waals surface area contributed by atoms with Gasteiger partial charge in [0.1, 0.15) is 0 Å². The molecule has 12 heavy (non-hydrogen) atoms. The molecule has 0 spiro atoms. The first-order chi connectivity index (χ1) is 5.32. The molecule has 1 aliphatic carbocycles. The predicted molar refractivity (Wildman–Crippen MR) is 48.4 cm³/mol. The summed E-state index contributed by atoms with van der Waals surface area (Å²) in [6, 6.07) is 0. The minimum Gasteiger partial charge on any atom is -0.480 e.